The molecule has 10 heteroatoms. The Labute approximate surface area is 223 Å². The molecule has 7 nitrogen and oxygen atoms in total. The topological polar surface area (TPSA) is 77.3 Å². The SMILES string of the molecule is COc1cc(Nc2c(C#N)cnc3cc(-c4ccc(CN5CCN(C)CC5)nc4)sc23)c(Cl)cc1Cl. The molecule has 0 bridgehead atoms. The second-order valence-corrected chi connectivity index (χ2v) is 10.6. The molecule has 0 aliphatic carbocycles. The summed E-state index contributed by atoms with van der Waals surface area (Å²) in [5.74, 6) is 0.488. The Balaban J connectivity index is 1.44. The van der Waals surface area contributed by atoms with Crippen LogP contribution in [0.4, 0.5) is 11.4 Å². The zero-order valence-electron chi connectivity index (χ0n) is 19.9. The normalized spacial score (nSPS) is 14.6. The van der Waals surface area contributed by atoms with Crippen molar-refractivity contribution in [3.8, 4) is 22.3 Å². The number of aromatic nitrogens is 2. The van der Waals surface area contributed by atoms with Gasteiger partial charge in [-0.1, -0.05) is 29.3 Å². The first-order valence-electron chi connectivity index (χ1n) is 11.4. The van der Waals surface area contributed by atoms with Crippen LogP contribution in [-0.4, -0.2) is 60.1 Å². The summed E-state index contributed by atoms with van der Waals surface area (Å²) in [6.07, 6.45) is 3.48. The molecule has 1 aliphatic heterocycles. The number of pyridine rings is 2. The van der Waals surface area contributed by atoms with Crippen molar-refractivity contribution in [2.75, 3.05) is 45.7 Å². The van der Waals surface area contributed by atoms with E-state index in [0.717, 1.165) is 59.1 Å². The maximum absolute atomic E-state index is 9.75. The Hall–Kier alpha value is -2.93. The minimum atomic E-state index is 0.412. The third kappa shape index (κ3) is 5.12. The van der Waals surface area contributed by atoms with Crippen molar-refractivity contribution in [1.82, 2.24) is 19.8 Å². The van der Waals surface area contributed by atoms with Gasteiger partial charge in [-0.2, -0.15) is 5.26 Å². The third-order valence-corrected chi connectivity index (χ3v) is 8.05. The summed E-state index contributed by atoms with van der Waals surface area (Å²) in [5, 5.41) is 13.9. The molecular weight excluding hydrogens is 515 g/mol. The quantitative estimate of drug-likeness (QED) is 0.320. The molecule has 0 saturated carbocycles. The van der Waals surface area contributed by atoms with Gasteiger partial charge in [0.25, 0.3) is 0 Å². The average molecular weight is 539 g/mol. The summed E-state index contributed by atoms with van der Waals surface area (Å²) in [6.45, 7) is 5.14. The van der Waals surface area contributed by atoms with E-state index in [9.17, 15) is 5.26 Å². The number of fused-ring (bicyclic) bond motifs is 1. The predicted molar refractivity (Wildman–Crippen MR) is 147 cm³/mol. The second-order valence-electron chi connectivity index (χ2n) is 8.69. The Morgan fingerprint density at radius 1 is 1.08 bits per heavy atom. The van der Waals surface area contributed by atoms with Crippen LogP contribution in [0.15, 0.2) is 42.7 Å². The molecule has 0 unspecified atom stereocenters. The summed E-state index contributed by atoms with van der Waals surface area (Å²) in [6, 6.07) is 11.8. The highest BCUT2D eigenvalue weighted by Gasteiger charge is 2.17. The monoisotopic (exact) mass is 538 g/mol. The molecule has 4 heterocycles. The van der Waals surface area contributed by atoms with Crippen molar-refractivity contribution in [2.24, 2.45) is 0 Å². The average Bonchev–Trinajstić information content (AvgIpc) is 3.32. The highest BCUT2D eigenvalue weighted by Crippen LogP contribution is 2.41. The van der Waals surface area contributed by atoms with Crippen LogP contribution in [0, 0.1) is 11.3 Å². The van der Waals surface area contributed by atoms with Crippen LogP contribution in [-0.2, 0) is 6.54 Å². The van der Waals surface area contributed by atoms with Crippen molar-refractivity contribution in [3.63, 3.8) is 0 Å². The van der Waals surface area contributed by atoms with Gasteiger partial charge in [-0.3, -0.25) is 14.9 Å². The molecule has 36 heavy (non-hydrogen) atoms. The lowest BCUT2D eigenvalue weighted by atomic mass is 10.2. The van der Waals surface area contributed by atoms with E-state index < -0.39 is 0 Å². The number of nitrogens with zero attached hydrogens (tertiary/aromatic N) is 5. The van der Waals surface area contributed by atoms with Gasteiger partial charge in [0, 0.05) is 61.6 Å². The smallest absolute Gasteiger partial charge is 0.139 e. The molecule has 0 amide bonds. The summed E-state index contributed by atoms with van der Waals surface area (Å²) in [4.78, 5) is 15.0. The Bertz CT molecular complexity index is 1440. The Kier molecular flexibility index (Phi) is 7.28. The maximum Gasteiger partial charge on any atom is 0.139 e. The van der Waals surface area contributed by atoms with Gasteiger partial charge in [0.2, 0.25) is 0 Å². The van der Waals surface area contributed by atoms with Gasteiger partial charge in [0.15, 0.2) is 0 Å². The van der Waals surface area contributed by atoms with Crippen molar-refractivity contribution >= 4 is 56.1 Å². The zero-order valence-corrected chi connectivity index (χ0v) is 22.2. The molecule has 1 aliphatic rings. The number of piperazine rings is 1. The van der Waals surface area contributed by atoms with E-state index in [1.54, 1.807) is 36.8 Å². The predicted octanol–water partition coefficient (Wildman–Crippen LogP) is 6.04. The molecule has 0 spiro atoms. The van der Waals surface area contributed by atoms with E-state index in [1.165, 1.54) is 0 Å². The van der Waals surface area contributed by atoms with Gasteiger partial charge in [-0.25, -0.2) is 0 Å². The first kappa shape index (κ1) is 24.8. The fraction of sp³-hybridized carbons (Fsp3) is 0.269. The lowest BCUT2D eigenvalue weighted by Gasteiger charge is -2.32. The Morgan fingerprint density at radius 3 is 2.58 bits per heavy atom. The Morgan fingerprint density at radius 2 is 1.89 bits per heavy atom. The maximum atomic E-state index is 9.75. The highest BCUT2D eigenvalue weighted by atomic mass is 35.5. The van der Waals surface area contributed by atoms with Crippen LogP contribution >= 0.6 is 34.5 Å². The zero-order chi connectivity index (χ0) is 25.2. The first-order valence-corrected chi connectivity index (χ1v) is 13.0. The van der Waals surface area contributed by atoms with Crippen molar-refractivity contribution < 1.29 is 4.74 Å². The van der Waals surface area contributed by atoms with Gasteiger partial charge >= 0.3 is 0 Å². The minimum absolute atomic E-state index is 0.412. The van der Waals surface area contributed by atoms with Crippen LogP contribution in [0.3, 0.4) is 0 Å². The number of methoxy groups -OCH3 is 1. The molecule has 1 fully saturated rings. The van der Waals surface area contributed by atoms with E-state index in [-0.39, 0.29) is 0 Å². The summed E-state index contributed by atoms with van der Waals surface area (Å²) in [7, 11) is 3.70. The number of anilines is 2. The minimum Gasteiger partial charge on any atom is -0.495 e. The number of nitrogens with one attached hydrogen (secondary N) is 1. The number of thiophene rings is 1. The first-order chi connectivity index (χ1) is 17.4. The summed E-state index contributed by atoms with van der Waals surface area (Å²) >= 11 is 14.2. The molecule has 4 aromatic rings. The molecular formula is C26H24Cl2N6OS. The largest absolute Gasteiger partial charge is 0.495 e. The molecule has 5 rings (SSSR count). The number of nitriles is 1. The van der Waals surface area contributed by atoms with Gasteiger partial charge in [0.1, 0.15) is 11.8 Å². The van der Waals surface area contributed by atoms with Crippen molar-refractivity contribution in [3.05, 3.63) is 64.0 Å². The summed E-state index contributed by atoms with van der Waals surface area (Å²) < 4.78 is 6.19. The van der Waals surface area contributed by atoms with E-state index in [0.29, 0.717) is 32.7 Å². The van der Waals surface area contributed by atoms with E-state index in [1.807, 2.05) is 12.3 Å². The number of ether oxygens (including phenoxy) is 1. The molecule has 1 aromatic carbocycles. The number of hydrogen-bond donors (Lipinski definition) is 1. The number of likely N-dealkylation sites (N-methyl/N-ethyl adjacent to an activating group) is 1. The van der Waals surface area contributed by atoms with Crippen LogP contribution in [0.5, 0.6) is 5.75 Å². The van der Waals surface area contributed by atoms with E-state index in [2.05, 4.69) is 45.4 Å². The van der Waals surface area contributed by atoms with Gasteiger partial charge in [-0.15, -0.1) is 11.3 Å². The van der Waals surface area contributed by atoms with Crippen LogP contribution < -0.4 is 10.1 Å². The van der Waals surface area contributed by atoms with E-state index >= 15 is 0 Å². The molecule has 3 aromatic heterocycles. The fourth-order valence-electron chi connectivity index (χ4n) is 4.14. The van der Waals surface area contributed by atoms with Gasteiger partial charge < -0.3 is 15.0 Å². The number of hydrogen-bond acceptors (Lipinski definition) is 8. The van der Waals surface area contributed by atoms with Crippen LogP contribution in [0.2, 0.25) is 10.0 Å². The third-order valence-electron chi connectivity index (χ3n) is 6.25. The van der Waals surface area contributed by atoms with E-state index in [4.69, 9.17) is 32.9 Å². The molecule has 1 N–H and O–H groups in total. The van der Waals surface area contributed by atoms with Crippen LogP contribution in [0.25, 0.3) is 20.7 Å². The standard InChI is InChI=1S/C26H24Cl2N6OS/c1-33-5-7-34(8-6-33)15-18-4-3-16(13-30-18)24-11-22-26(36-24)25(17(12-29)14-31-22)32-21-10-23(35-2)20(28)9-19(21)27/h3-4,9-11,13-14H,5-8,15H2,1-2H3,(H,31,32). The summed E-state index contributed by atoms with van der Waals surface area (Å²) in [5.41, 5.74) is 4.51. The molecule has 0 radical (unpaired) electrons. The number of benzene rings is 1. The lowest BCUT2D eigenvalue weighted by Crippen LogP contribution is -2.43. The number of halogens is 2. The fourth-order valence-corrected chi connectivity index (χ4v) is 5.76. The molecule has 184 valence electrons. The number of rotatable bonds is 6. The lowest BCUT2D eigenvalue weighted by molar-refractivity contribution is 0.147. The van der Waals surface area contributed by atoms with Gasteiger partial charge in [-0.05, 0) is 25.2 Å². The molecule has 1 saturated heterocycles. The van der Waals surface area contributed by atoms with Crippen molar-refractivity contribution in [2.45, 2.75) is 6.54 Å². The second kappa shape index (κ2) is 10.6. The van der Waals surface area contributed by atoms with Gasteiger partial charge in [0.05, 0.1) is 50.0 Å². The highest BCUT2D eigenvalue weighted by molar-refractivity contribution is 7.22. The van der Waals surface area contributed by atoms with Crippen LogP contribution in [0.1, 0.15) is 11.3 Å². The molecule has 0 atom stereocenters. The van der Waals surface area contributed by atoms with Crippen molar-refractivity contribution in [1.29, 1.82) is 5.26 Å².